The summed E-state index contributed by atoms with van der Waals surface area (Å²) in [6.07, 6.45) is 1.98. The van der Waals surface area contributed by atoms with Crippen LogP contribution in [0.15, 0.2) is 42.7 Å². The minimum Gasteiger partial charge on any atom is -0.508 e. The van der Waals surface area contributed by atoms with Gasteiger partial charge in [-0.05, 0) is 23.8 Å². The van der Waals surface area contributed by atoms with E-state index in [4.69, 9.17) is 4.74 Å². The Hall–Kier alpha value is -2.18. The van der Waals surface area contributed by atoms with E-state index in [1.807, 2.05) is 0 Å². The molecule has 100 valence electrons. The van der Waals surface area contributed by atoms with Crippen LogP contribution in [0.1, 0.15) is 5.56 Å². The molecule has 2 rings (SSSR count). The second-order valence-corrected chi connectivity index (χ2v) is 3.99. The third kappa shape index (κ3) is 3.64. The molecule has 1 aromatic heterocycles. The summed E-state index contributed by atoms with van der Waals surface area (Å²) in [5, 5.41) is 9.25. The molecule has 0 aliphatic carbocycles. The van der Waals surface area contributed by atoms with Crippen LogP contribution in [-0.4, -0.2) is 17.1 Å². The molecular weight excluding hydrogens is 258 g/mol. The van der Waals surface area contributed by atoms with Crippen molar-refractivity contribution in [2.75, 3.05) is 0 Å². The molecule has 0 aliphatic rings. The summed E-state index contributed by atoms with van der Waals surface area (Å²) in [6.45, 7) is -5.02. The summed E-state index contributed by atoms with van der Waals surface area (Å²) in [7, 11) is 0. The minimum atomic E-state index is -5.08. The number of ether oxygens (including phenoxy) is 1. The molecule has 0 spiro atoms. The topological polar surface area (TPSA) is 42.4 Å². The number of aromatic nitrogens is 1. The molecule has 7 heteroatoms. The highest BCUT2D eigenvalue weighted by molar-refractivity contribution is 6.73. The van der Waals surface area contributed by atoms with E-state index >= 15 is 0 Å². The molecule has 0 atom stereocenters. The number of phenols is 1. The van der Waals surface area contributed by atoms with Crippen LogP contribution >= 0.6 is 0 Å². The fraction of sp³-hybridized carbons (Fsp3) is 0.0833. The van der Waals surface area contributed by atoms with Gasteiger partial charge in [-0.1, -0.05) is 17.6 Å². The van der Waals surface area contributed by atoms with Gasteiger partial charge in [0.1, 0.15) is 18.1 Å². The Morgan fingerprint density at radius 2 is 1.95 bits per heavy atom. The van der Waals surface area contributed by atoms with Gasteiger partial charge in [-0.25, -0.2) is 0 Å². The third-order valence-electron chi connectivity index (χ3n) is 2.43. The molecule has 2 aromatic rings. The zero-order valence-corrected chi connectivity index (χ0v) is 9.76. The number of halogens is 3. The third-order valence-corrected chi connectivity index (χ3v) is 2.43. The van der Waals surface area contributed by atoms with Crippen LogP contribution < -0.4 is 10.2 Å². The van der Waals surface area contributed by atoms with E-state index in [0.29, 0.717) is 5.56 Å². The summed E-state index contributed by atoms with van der Waals surface area (Å²) in [6, 6.07) is 7.21. The fourth-order valence-corrected chi connectivity index (χ4v) is 1.51. The Balaban J connectivity index is 2.08. The van der Waals surface area contributed by atoms with Crippen molar-refractivity contribution in [1.29, 1.82) is 0 Å². The van der Waals surface area contributed by atoms with E-state index in [9.17, 15) is 18.1 Å². The first-order valence-corrected chi connectivity index (χ1v) is 5.51. The number of rotatable bonds is 4. The van der Waals surface area contributed by atoms with Crippen molar-refractivity contribution >= 4 is 12.4 Å². The second kappa shape index (κ2) is 5.21. The number of hydrogen-bond acceptors (Lipinski definition) is 3. The standard InChI is InChI=1S/C12H10BF3NO2/c14-13(15,16)10-5-12(7-17-6-10)19-8-9-2-1-3-11(18)4-9/h1-7,18H,8H2/q-1. The average Bonchev–Trinajstić information content (AvgIpc) is 2.36. The summed E-state index contributed by atoms with van der Waals surface area (Å²) in [5.74, 6) is 0.117. The lowest BCUT2D eigenvalue weighted by atomic mass is 9.81. The Morgan fingerprint density at radius 1 is 1.16 bits per heavy atom. The molecule has 1 aromatic carbocycles. The number of hydrogen-bond donors (Lipinski definition) is 1. The molecule has 0 bridgehead atoms. The van der Waals surface area contributed by atoms with Gasteiger partial charge in [-0.3, -0.25) is 4.98 Å². The molecule has 1 heterocycles. The summed E-state index contributed by atoms with van der Waals surface area (Å²) >= 11 is 0. The first kappa shape index (κ1) is 13.3. The number of benzene rings is 1. The number of pyridine rings is 1. The number of aromatic hydroxyl groups is 1. The van der Waals surface area contributed by atoms with Crippen molar-refractivity contribution in [1.82, 2.24) is 4.98 Å². The molecule has 0 fully saturated rings. The van der Waals surface area contributed by atoms with E-state index in [1.54, 1.807) is 12.1 Å². The predicted molar refractivity (Wildman–Crippen MR) is 65.4 cm³/mol. The van der Waals surface area contributed by atoms with Gasteiger partial charge in [0, 0.05) is 6.20 Å². The van der Waals surface area contributed by atoms with Crippen molar-refractivity contribution in [2.24, 2.45) is 0 Å². The minimum absolute atomic E-state index is 0.0417. The van der Waals surface area contributed by atoms with Crippen LogP contribution in [0.2, 0.25) is 0 Å². The molecule has 0 saturated heterocycles. The van der Waals surface area contributed by atoms with Crippen molar-refractivity contribution < 1.29 is 22.8 Å². The summed E-state index contributed by atoms with van der Waals surface area (Å²) < 4.78 is 42.8. The molecular formula is C12H10BF3NO2-. The van der Waals surface area contributed by atoms with Crippen molar-refractivity contribution in [3.8, 4) is 11.5 Å². The Labute approximate surface area is 107 Å². The van der Waals surface area contributed by atoms with E-state index < -0.39 is 12.4 Å². The normalized spacial score (nSPS) is 11.3. The van der Waals surface area contributed by atoms with Gasteiger partial charge in [0.2, 0.25) is 0 Å². The van der Waals surface area contributed by atoms with Crippen LogP contribution in [0, 0.1) is 0 Å². The van der Waals surface area contributed by atoms with Gasteiger partial charge in [-0.2, -0.15) is 0 Å². The number of phenolic OH excluding ortho intramolecular Hbond substituents is 1. The largest absolute Gasteiger partial charge is 0.511 e. The van der Waals surface area contributed by atoms with Crippen LogP contribution in [0.4, 0.5) is 12.9 Å². The molecule has 0 amide bonds. The number of nitrogens with zero attached hydrogens (tertiary/aromatic N) is 1. The van der Waals surface area contributed by atoms with Gasteiger partial charge in [0.05, 0.1) is 6.20 Å². The lowest BCUT2D eigenvalue weighted by Crippen LogP contribution is -2.34. The summed E-state index contributed by atoms with van der Waals surface area (Å²) in [5.41, 5.74) is -0.142. The van der Waals surface area contributed by atoms with Crippen molar-refractivity contribution in [3.05, 3.63) is 48.3 Å². The smallest absolute Gasteiger partial charge is 0.508 e. The molecule has 19 heavy (non-hydrogen) atoms. The Morgan fingerprint density at radius 3 is 2.63 bits per heavy atom. The highest BCUT2D eigenvalue weighted by Gasteiger charge is 2.26. The lowest BCUT2D eigenvalue weighted by Gasteiger charge is -2.15. The van der Waals surface area contributed by atoms with Crippen molar-refractivity contribution in [2.45, 2.75) is 6.61 Å². The maximum atomic E-state index is 12.5. The Kier molecular flexibility index (Phi) is 3.64. The Bertz CT molecular complexity index is 575. The van der Waals surface area contributed by atoms with E-state index in [0.717, 1.165) is 12.3 Å². The SMILES string of the molecule is Oc1cccc(COc2cncc([B-](F)(F)F)c2)c1. The van der Waals surface area contributed by atoms with E-state index in [2.05, 4.69) is 4.98 Å². The lowest BCUT2D eigenvalue weighted by molar-refractivity contribution is 0.304. The first-order chi connectivity index (χ1) is 8.95. The summed E-state index contributed by atoms with van der Waals surface area (Å²) in [4.78, 5) is 3.50. The fourth-order valence-electron chi connectivity index (χ4n) is 1.51. The highest BCUT2D eigenvalue weighted by atomic mass is 19.4. The first-order valence-electron chi connectivity index (χ1n) is 5.51. The van der Waals surface area contributed by atoms with Crippen LogP contribution in [0.5, 0.6) is 11.5 Å². The quantitative estimate of drug-likeness (QED) is 0.866. The maximum absolute atomic E-state index is 12.5. The van der Waals surface area contributed by atoms with Crippen molar-refractivity contribution in [3.63, 3.8) is 0 Å². The van der Waals surface area contributed by atoms with Gasteiger partial charge in [0.25, 0.3) is 0 Å². The van der Waals surface area contributed by atoms with Gasteiger partial charge < -0.3 is 22.8 Å². The van der Waals surface area contributed by atoms with Gasteiger partial charge >= 0.3 is 6.98 Å². The van der Waals surface area contributed by atoms with E-state index in [1.165, 1.54) is 18.3 Å². The van der Waals surface area contributed by atoms with E-state index in [-0.39, 0.29) is 18.1 Å². The second-order valence-electron chi connectivity index (χ2n) is 3.99. The highest BCUT2D eigenvalue weighted by Crippen LogP contribution is 2.16. The molecule has 0 saturated carbocycles. The zero-order valence-electron chi connectivity index (χ0n) is 9.76. The molecule has 0 unspecified atom stereocenters. The van der Waals surface area contributed by atoms with Gasteiger partial charge in [-0.15, -0.1) is 0 Å². The zero-order chi connectivity index (χ0) is 13.9. The van der Waals surface area contributed by atoms with Crippen LogP contribution in [-0.2, 0) is 6.61 Å². The average molecular weight is 268 g/mol. The molecule has 0 aliphatic heterocycles. The molecule has 3 nitrogen and oxygen atoms in total. The maximum Gasteiger partial charge on any atom is 0.511 e. The molecule has 0 radical (unpaired) electrons. The van der Waals surface area contributed by atoms with Crippen LogP contribution in [0.3, 0.4) is 0 Å². The monoisotopic (exact) mass is 268 g/mol. The van der Waals surface area contributed by atoms with Gasteiger partial charge in [0.15, 0.2) is 0 Å². The van der Waals surface area contributed by atoms with Crippen LogP contribution in [0.25, 0.3) is 0 Å². The predicted octanol–water partition coefficient (Wildman–Crippen LogP) is 2.42. The molecule has 1 N–H and O–H groups in total.